The highest BCUT2D eigenvalue weighted by atomic mass is 127. The molecule has 22 heavy (non-hydrogen) atoms. The zero-order valence-electron chi connectivity index (χ0n) is 11.7. The Kier molecular flexibility index (Phi) is 5.00. The Hall–Kier alpha value is -1.11. The molecule has 1 fully saturated rings. The van der Waals surface area contributed by atoms with Gasteiger partial charge in [-0.1, -0.05) is 11.6 Å². The van der Waals surface area contributed by atoms with Crippen LogP contribution in [0.25, 0.3) is 0 Å². The minimum absolute atomic E-state index is 0.0840. The average molecular weight is 429 g/mol. The van der Waals surface area contributed by atoms with E-state index in [9.17, 15) is 4.79 Å². The number of rotatable bonds is 4. The van der Waals surface area contributed by atoms with Crippen LogP contribution in [0.5, 0.6) is 5.75 Å². The predicted molar refractivity (Wildman–Crippen MR) is 93.9 cm³/mol. The molecular weight excluding hydrogens is 415 g/mol. The number of hydrogen-bond donors (Lipinski definition) is 0. The van der Waals surface area contributed by atoms with Crippen molar-refractivity contribution >= 4 is 40.0 Å². The lowest BCUT2D eigenvalue weighted by molar-refractivity contribution is 0.103. The van der Waals surface area contributed by atoms with Crippen molar-refractivity contribution < 1.29 is 14.3 Å². The summed E-state index contributed by atoms with van der Waals surface area (Å²) in [5.74, 6) is 0.667. The second-order valence-electron chi connectivity index (χ2n) is 5.08. The summed E-state index contributed by atoms with van der Waals surface area (Å²) in [6, 6.07) is 12.6. The first-order valence-electron chi connectivity index (χ1n) is 6.98. The maximum absolute atomic E-state index is 12.5. The Morgan fingerprint density at radius 3 is 2.68 bits per heavy atom. The topological polar surface area (TPSA) is 35.5 Å². The van der Waals surface area contributed by atoms with Crippen molar-refractivity contribution in [1.29, 1.82) is 0 Å². The Morgan fingerprint density at radius 2 is 2.00 bits per heavy atom. The minimum Gasteiger partial charge on any atom is -0.488 e. The Morgan fingerprint density at radius 1 is 1.23 bits per heavy atom. The van der Waals surface area contributed by atoms with E-state index < -0.39 is 0 Å². The van der Waals surface area contributed by atoms with Crippen LogP contribution in [0.4, 0.5) is 0 Å². The molecule has 0 radical (unpaired) electrons. The van der Waals surface area contributed by atoms with Crippen molar-refractivity contribution in [2.24, 2.45) is 0 Å². The van der Waals surface area contributed by atoms with Crippen LogP contribution >= 0.6 is 34.2 Å². The molecule has 0 amide bonds. The second kappa shape index (κ2) is 6.98. The average Bonchev–Trinajstić information content (AvgIpc) is 3.03. The van der Waals surface area contributed by atoms with E-state index in [1.807, 2.05) is 18.2 Å². The number of hydrogen-bond acceptors (Lipinski definition) is 3. The van der Waals surface area contributed by atoms with Crippen molar-refractivity contribution in [2.75, 3.05) is 13.2 Å². The molecule has 2 aromatic carbocycles. The molecule has 1 heterocycles. The van der Waals surface area contributed by atoms with Gasteiger partial charge in [0, 0.05) is 21.1 Å². The Labute approximate surface area is 147 Å². The third-order valence-corrected chi connectivity index (χ3v) is 4.48. The van der Waals surface area contributed by atoms with Crippen LogP contribution in [0.2, 0.25) is 5.02 Å². The summed E-state index contributed by atoms with van der Waals surface area (Å²) in [5.41, 5.74) is 1.12. The molecule has 1 saturated heterocycles. The van der Waals surface area contributed by atoms with Gasteiger partial charge in [0.25, 0.3) is 0 Å². The molecule has 5 heteroatoms. The maximum atomic E-state index is 12.5. The van der Waals surface area contributed by atoms with E-state index in [0.29, 0.717) is 22.8 Å². The van der Waals surface area contributed by atoms with Crippen LogP contribution in [0.1, 0.15) is 22.3 Å². The molecule has 1 aliphatic heterocycles. The first-order chi connectivity index (χ1) is 10.6. The zero-order chi connectivity index (χ0) is 15.5. The van der Waals surface area contributed by atoms with E-state index in [1.165, 1.54) is 0 Å². The lowest BCUT2D eigenvalue weighted by Gasteiger charge is -2.12. The first kappa shape index (κ1) is 15.8. The van der Waals surface area contributed by atoms with Gasteiger partial charge in [0.1, 0.15) is 11.9 Å². The monoisotopic (exact) mass is 428 g/mol. The summed E-state index contributed by atoms with van der Waals surface area (Å²) in [4.78, 5) is 12.5. The molecule has 0 aromatic heterocycles. The van der Waals surface area contributed by atoms with Crippen molar-refractivity contribution in [1.82, 2.24) is 0 Å². The smallest absolute Gasteiger partial charge is 0.194 e. The fourth-order valence-electron chi connectivity index (χ4n) is 2.31. The van der Waals surface area contributed by atoms with E-state index in [4.69, 9.17) is 21.1 Å². The van der Waals surface area contributed by atoms with Crippen LogP contribution in [0.3, 0.4) is 0 Å². The molecule has 0 spiro atoms. The molecule has 0 N–H and O–H groups in total. The van der Waals surface area contributed by atoms with Gasteiger partial charge < -0.3 is 9.47 Å². The van der Waals surface area contributed by atoms with Crippen LogP contribution in [-0.4, -0.2) is 25.1 Å². The molecule has 0 unspecified atom stereocenters. The summed E-state index contributed by atoms with van der Waals surface area (Å²) in [6.45, 7) is 1.37. The molecule has 1 aliphatic rings. The fourth-order valence-corrected chi connectivity index (χ4v) is 3.00. The van der Waals surface area contributed by atoms with Gasteiger partial charge in [0.05, 0.1) is 18.2 Å². The number of carbonyl (C=O) groups excluding carboxylic acids is 1. The molecule has 3 rings (SSSR count). The molecule has 0 bridgehead atoms. The molecule has 114 valence electrons. The molecule has 2 aromatic rings. The van der Waals surface area contributed by atoms with Crippen molar-refractivity contribution in [3.05, 3.63) is 62.2 Å². The van der Waals surface area contributed by atoms with E-state index in [1.54, 1.807) is 24.3 Å². The summed E-state index contributed by atoms with van der Waals surface area (Å²) in [7, 11) is 0. The van der Waals surface area contributed by atoms with Crippen molar-refractivity contribution in [3.63, 3.8) is 0 Å². The second-order valence-corrected chi connectivity index (χ2v) is 6.73. The molecular formula is C17H14ClIO3. The van der Waals surface area contributed by atoms with Gasteiger partial charge in [-0.15, -0.1) is 0 Å². The number of benzene rings is 2. The predicted octanol–water partition coefficient (Wildman–Crippen LogP) is 4.34. The van der Waals surface area contributed by atoms with Gasteiger partial charge in [0.2, 0.25) is 0 Å². The van der Waals surface area contributed by atoms with Crippen LogP contribution in [0, 0.1) is 3.57 Å². The third-order valence-electron chi connectivity index (χ3n) is 3.48. The van der Waals surface area contributed by atoms with Crippen LogP contribution < -0.4 is 4.74 Å². The number of ether oxygens (including phenoxy) is 2. The van der Waals surface area contributed by atoms with E-state index in [0.717, 1.165) is 22.3 Å². The van der Waals surface area contributed by atoms with Crippen molar-refractivity contribution in [2.45, 2.75) is 12.5 Å². The largest absolute Gasteiger partial charge is 0.488 e. The highest BCUT2D eigenvalue weighted by Crippen LogP contribution is 2.24. The molecule has 0 aliphatic carbocycles. The summed E-state index contributed by atoms with van der Waals surface area (Å²) < 4.78 is 12.1. The number of halogens is 2. The molecule has 0 saturated carbocycles. The first-order valence-corrected chi connectivity index (χ1v) is 8.43. The molecule has 3 nitrogen and oxygen atoms in total. The van der Waals surface area contributed by atoms with Crippen LogP contribution in [-0.2, 0) is 4.74 Å². The quantitative estimate of drug-likeness (QED) is 0.537. The van der Waals surface area contributed by atoms with E-state index in [-0.39, 0.29) is 11.9 Å². The number of carbonyl (C=O) groups is 1. The van der Waals surface area contributed by atoms with Crippen molar-refractivity contribution in [3.8, 4) is 5.75 Å². The van der Waals surface area contributed by atoms with Gasteiger partial charge in [-0.25, -0.2) is 0 Å². The lowest BCUT2D eigenvalue weighted by atomic mass is 10.0. The van der Waals surface area contributed by atoms with Crippen LogP contribution in [0.15, 0.2) is 42.5 Å². The summed E-state index contributed by atoms with van der Waals surface area (Å²) in [6.07, 6.45) is 1.00. The third kappa shape index (κ3) is 3.62. The lowest BCUT2D eigenvalue weighted by Crippen LogP contribution is -2.15. The highest BCUT2D eigenvalue weighted by molar-refractivity contribution is 14.1. The summed E-state index contributed by atoms with van der Waals surface area (Å²) >= 11 is 8.29. The fraction of sp³-hybridized carbons (Fsp3) is 0.235. The Balaban J connectivity index is 1.77. The van der Waals surface area contributed by atoms with Gasteiger partial charge in [-0.05, 0) is 65.1 Å². The normalized spacial score (nSPS) is 17.5. The van der Waals surface area contributed by atoms with Gasteiger partial charge >= 0.3 is 0 Å². The van der Waals surface area contributed by atoms with E-state index in [2.05, 4.69) is 22.6 Å². The number of ketones is 1. The highest BCUT2D eigenvalue weighted by Gasteiger charge is 2.18. The standard InChI is InChI=1S/C17H14ClIO3/c18-16-6-3-12(19)9-15(16)17(20)11-1-4-13(5-2-11)22-14-7-8-21-10-14/h1-6,9,14H,7-8,10H2/t14-/m0/s1. The SMILES string of the molecule is O=C(c1ccc(O[C@H]2CCOC2)cc1)c1cc(I)ccc1Cl. The Bertz CT molecular complexity index is 679. The molecule has 1 atom stereocenters. The van der Waals surface area contributed by atoms with Gasteiger partial charge in [-0.2, -0.15) is 0 Å². The zero-order valence-corrected chi connectivity index (χ0v) is 14.6. The maximum Gasteiger partial charge on any atom is 0.194 e. The van der Waals surface area contributed by atoms with E-state index >= 15 is 0 Å². The van der Waals surface area contributed by atoms with Gasteiger partial charge in [0.15, 0.2) is 5.78 Å². The van der Waals surface area contributed by atoms with Gasteiger partial charge in [-0.3, -0.25) is 4.79 Å². The minimum atomic E-state index is -0.0840. The summed E-state index contributed by atoms with van der Waals surface area (Å²) in [5, 5.41) is 0.467.